The summed E-state index contributed by atoms with van der Waals surface area (Å²) in [4.78, 5) is 16.6. The largest absolute Gasteiger partial charge is 0.497 e. The molecule has 0 spiro atoms. The Morgan fingerprint density at radius 1 is 1.17 bits per heavy atom. The highest BCUT2D eigenvalue weighted by Crippen LogP contribution is 2.22. The van der Waals surface area contributed by atoms with Gasteiger partial charge in [-0.1, -0.05) is 19.9 Å². The molecule has 0 radical (unpaired) electrons. The van der Waals surface area contributed by atoms with Gasteiger partial charge in [-0.3, -0.25) is 4.79 Å². The highest BCUT2D eigenvalue weighted by atomic mass is 16.5. The maximum atomic E-state index is 12.4. The Labute approximate surface area is 139 Å². The lowest BCUT2D eigenvalue weighted by Crippen LogP contribution is -2.51. The van der Waals surface area contributed by atoms with Crippen LogP contribution < -0.4 is 9.64 Å². The van der Waals surface area contributed by atoms with Gasteiger partial charge >= 0.3 is 0 Å². The van der Waals surface area contributed by atoms with E-state index in [2.05, 4.69) is 24.8 Å². The average molecular weight is 320 g/mol. The van der Waals surface area contributed by atoms with Crippen LogP contribution in [0.2, 0.25) is 0 Å². The van der Waals surface area contributed by atoms with E-state index in [0.717, 1.165) is 37.6 Å². The van der Waals surface area contributed by atoms with Crippen molar-refractivity contribution in [3.05, 3.63) is 24.3 Å². The van der Waals surface area contributed by atoms with Crippen molar-refractivity contribution in [3.63, 3.8) is 0 Å². The van der Waals surface area contributed by atoms with Crippen LogP contribution >= 0.6 is 0 Å². The number of nitrogens with zero attached hydrogens (tertiary/aromatic N) is 2. The minimum atomic E-state index is -0.360. The summed E-state index contributed by atoms with van der Waals surface area (Å²) in [5, 5.41) is 0. The van der Waals surface area contributed by atoms with Gasteiger partial charge < -0.3 is 19.3 Å². The van der Waals surface area contributed by atoms with Crippen LogP contribution in [-0.2, 0) is 9.53 Å². The molecule has 1 aromatic rings. The number of rotatable bonds is 6. The van der Waals surface area contributed by atoms with Crippen molar-refractivity contribution in [1.82, 2.24) is 4.90 Å². The van der Waals surface area contributed by atoms with Crippen molar-refractivity contribution in [2.45, 2.75) is 26.9 Å². The summed E-state index contributed by atoms with van der Waals surface area (Å²) >= 11 is 0. The molecule has 1 aliphatic heterocycles. The van der Waals surface area contributed by atoms with E-state index in [1.165, 1.54) is 0 Å². The SMILES string of the molecule is COc1cccc(N2CCN(C(=O)[C@@H](C)OCC(C)C)CC2)c1. The first-order chi connectivity index (χ1) is 11.0. The van der Waals surface area contributed by atoms with Crippen molar-refractivity contribution >= 4 is 11.6 Å². The minimum absolute atomic E-state index is 0.0935. The Morgan fingerprint density at radius 3 is 2.48 bits per heavy atom. The third kappa shape index (κ3) is 4.86. The molecule has 1 fully saturated rings. The van der Waals surface area contributed by atoms with Crippen LogP contribution in [0.1, 0.15) is 20.8 Å². The topological polar surface area (TPSA) is 42.0 Å². The number of hydrogen-bond donors (Lipinski definition) is 0. The van der Waals surface area contributed by atoms with Crippen molar-refractivity contribution in [2.75, 3.05) is 44.8 Å². The molecule has 0 saturated carbocycles. The molecule has 2 rings (SSSR count). The summed E-state index contributed by atoms with van der Waals surface area (Å²) in [6, 6.07) is 8.05. The van der Waals surface area contributed by atoms with Gasteiger partial charge in [-0.15, -0.1) is 0 Å². The highest BCUT2D eigenvalue weighted by Gasteiger charge is 2.25. The first kappa shape index (κ1) is 17.6. The molecule has 1 aliphatic rings. The number of amides is 1. The Bertz CT molecular complexity index is 511. The molecule has 1 atom stereocenters. The summed E-state index contributed by atoms with van der Waals surface area (Å²) in [5.74, 6) is 1.39. The van der Waals surface area contributed by atoms with Crippen LogP contribution in [0.4, 0.5) is 5.69 Å². The first-order valence-corrected chi connectivity index (χ1v) is 8.30. The number of carbonyl (C=O) groups is 1. The van der Waals surface area contributed by atoms with E-state index in [1.54, 1.807) is 7.11 Å². The van der Waals surface area contributed by atoms with Gasteiger partial charge in [-0.05, 0) is 25.0 Å². The Hall–Kier alpha value is -1.75. The second kappa shape index (κ2) is 8.20. The number of anilines is 1. The number of methoxy groups -OCH3 is 1. The van der Waals surface area contributed by atoms with E-state index in [9.17, 15) is 4.79 Å². The fourth-order valence-electron chi connectivity index (χ4n) is 2.66. The van der Waals surface area contributed by atoms with E-state index in [0.29, 0.717) is 12.5 Å². The first-order valence-electron chi connectivity index (χ1n) is 8.30. The lowest BCUT2D eigenvalue weighted by molar-refractivity contribution is -0.143. The van der Waals surface area contributed by atoms with Crippen molar-refractivity contribution < 1.29 is 14.3 Å². The van der Waals surface area contributed by atoms with E-state index in [1.807, 2.05) is 30.0 Å². The summed E-state index contributed by atoms with van der Waals surface area (Å²) in [7, 11) is 1.67. The summed E-state index contributed by atoms with van der Waals surface area (Å²) in [5.41, 5.74) is 1.14. The minimum Gasteiger partial charge on any atom is -0.497 e. The fraction of sp³-hybridized carbons (Fsp3) is 0.611. The summed E-state index contributed by atoms with van der Waals surface area (Å²) in [6.45, 7) is 9.76. The predicted molar refractivity (Wildman–Crippen MR) is 92.0 cm³/mol. The van der Waals surface area contributed by atoms with Crippen molar-refractivity contribution in [2.24, 2.45) is 5.92 Å². The fourth-order valence-corrected chi connectivity index (χ4v) is 2.66. The van der Waals surface area contributed by atoms with Crippen molar-refractivity contribution in [1.29, 1.82) is 0 Å². The second-order valence-corrected chi connectivity index (χ2v) is 6.38. The van der Waals surface area contributed by atoms with Crippen LogP contribution in [0, 0.1) is 5.92 Å². The van der Waals surface area contributed by atoms with Crippen LogP contribution in [-0.4, -0.2) is 56.8 Å². The molecular formula is C18H28N2O3. The standard InChI is InChI=1S/C18H28N2O3/c1-14(2)13-23-15(3)18(21)20-10-8-19(9-11-20)16-6-5-7-17(12-16)22-4/h5-7,12,14-15H,8-11,13H2,1-4H3/t15-/m1/s1. The van der Waals surface area contributed by atoms with E-state index >= 15 is 0 Å². The van der Waals surface area contributed by atoms with Gasteiger partial charge in [0.15, 0.2) is 0 Å². The van der Waals surface area contributed by atoms with Crippen LogP contribution in [0.15, 0.2) is 24.3 Å². The molecular weight excluding hydrogens is 292 g/mol. The molecule has 0 aliphatic carbocycles. The zero-order valence-corrected chi connectivity index (χ0v) is 14.6. The zero-order chi connectivity index (χ0) is 16.8. The summed E-state index contributed by atoms with van der Waals surface area (Å²) in [6.07, 6.45) is -0.360. The molecule has 0 N–H and O–H groups in total. The molecule has 23 heavy (non-hydrogen) atoms. The number of hydrogen-bond acceptors (Lipinski definition) is 4. The molecule has 1 heterocycles. The monoisotopic (exact) mass is 320 g/mol. The third-order valence-corrected chi connectivity index (χ3v) is 4.04. The maximum absolute atomic E-state index is 12.4. The number of carbonyl (C=O) groups excluding carboxylic acids is 1. The van der Waals surface area contributed by atoms with Crippen molar-refractivity contribution in [3.8, 4) is 5.75 Å². The molecule has 1 saturated heterocycles. The quantitative estimate of drug-likeness (QED) is 0.807. The summed E-state index contributed by atoms with van der Waals surface area (Å²) < 4.78 is 10.9. The Morgan fingerprint density at radius 2 is 1.87 bits per heavy atom. The molecule has 1 aromatic carbocycles. The molecule has 0 bridgehead atoms. The van der Waals surface area contributed by atoms with Crippen LogP contribution in [0.3, 0.4) is 0 Å². The van der Waals surface area contributed by atoms with E-state index in [4.69, 9.17) is 9.47 Å². The molecule has 0 aromatic heterocycles. The molecule has 5 nitrogen and oxygen atoms in total. The van der Waals surface area contributed by atoms with E-state index < -0.39 is 0 Å². The molecule has 0 unspecified atom stereocenters. The van der Waals surface area contributed by atoms with Gasteiger partial charge in [0.2, 0.25) is 0 Å². The normalized spacial score (nSPS) is 16.6. The third-order valence-electron chi connectivity index (χ3n) is 4.04. The second-order valence-electron chi connectivity index (χ2n) is 6.38. The van der Waals surface area contributed by atoms with E-state index in [-0.39, 0.29) is 12.0 Å². The lowest BCUT2D eigenvalue weighted by Gasteiger charge is -2.37. The average Bonchev–Trinajstić information content (AvgIpc) is 2.59. The molecule has 5 heteroatoms. The van der Waals surface area contributed by atoms with Gasteiger partial charge in [0.1, 0.15) is 11.9 Å². The highest BCUT2D eigenvalue weighted by molar-refractivity contribution is 5.80. The maximum Gasteiger partial charge on any atom is 0.251 e. The number of benzene rings is 1. The zero-order valence-electron chi connectivity index (χ0n) is 14.6. The number of ether oxygens (including phenoxy) is 2. The lowest BCUT2D eigenvalue weighted by atomic mass is 10.2. The Balaban J connectivity index is 1.86. The van der Waals surface area contributed by atoms with Gasteiger partial charge in [-0.25, -0.2) is 0 Å². The number of piperazine rings is 1. The predicted octanol–water partition coefficient (Wildman–Crippen LogP) is 2.40. The van der Waals surface area contributed by atoms with Gasteiger partial charge in [0.25, 0.3) is 5.91 Å². The molecule has 128 valence electrons. The van der Waals surface area contributed by atoms with Crippen LogP contribution in [0.25, 0.3) is 0 Å². The van der Waals surface area contributed by atoms with Crippen LogP contribution in [0.5, 0.6) is 5.75 Å². The molecule has 1 amide bonds. The van der Waals surface area contributed by atoms with Gasteiger partial charge in [-0.2, -0.15) is 0 Å². The van der Waals surface area contributed by atoms with Gasteiger partial charge in [0, 0.05) is 44.5 Å². The van der Waals surface area contributed by atoms with Gasteiger partial charge in [0.05, 0.1) is 7.11 Å². The smallest absolute Gasteiger partial charge is 0.251 e. The Kier molecular flexibility index (Phi) is 6.28.